The highest BCUT2D eigenvalue weighted by Crippen LogP contribution is 2.24. The molecule has 0 aliphatic heterocycles. The largest absolute Gasteiger partial charge is 0.438 e. The van der Waals surface area contributed by atoms with E-state index >= 15 is 0 Å². The summed E-state index contributed by atoms with van der Waals surface area (Å²) >= 11 is 0. The first-order chi connectivity index (χ1) is 12.3. The van der Waals surface area contributed by atoms with Gasteiger partial charge in [0.25, 0.3) is 5.91 Å². The van der Waals surface area contributed by atoms with Gasteiger partial charge in [0.2, 0.25) is 5.88 Å². The smallest absolute Gasteiger partial charge is 0.261 e. The van der Waals surface area contributed by atoms with Crippen LogP contribution >= 0.6 is 0 Å². The number of fused-ring (bicyclic) bond motifs is 1. The average Bonchev–Trinajstić information content (AvgIpc) is 3.11. The van der Waals surface area contributed by atoms with E-state index in [1.54, 1.807) is 24.5 Å². The Balaban J connectivity index is 1.59. The zero-order valence-corrected chi connectivity index (χ0v) is 13.1. The van der Waals surface area contributed by atoms with E-state index in [4.69, 9.17) is 4.74 Å². The number of ether oxygens (including phenoxy) is 1. The monoisotopic (exact) mass is 330 g/mol. The number of nitrogens with one attached hydrogen (secondary N) is 2. The number of aromatic amines is 1. The first-order valence-corrected chi connectivity index (χ1v) is 7.72. The first kappa shape index (κ1) is 14.9. The molecule has 0 saturated carbocycles. The molecular weight excluding hydrogens is 316 g/mol. The fourth-order valence-electron chi connectivity index (χ4n) is 2.46. The van der Waals surface area contributed by atoms with Gasteiger partial charge in [-0.25, -0.2) is 4.98 Å². The molecule has 2 N–H and O–H groups in total. The lowest BCUT2D eigenvalue weighted by Gasteiger charge is -2.10. The molecule has 0 aliphatic carbocycles. The molecule has 1 amide bonds. The van der Waals surface area contributed by atoms with Gasteiger partial charge in [0.1, 0.15) is 11.3 Å². The summed E-state index contributed by atoms with van der Waals surface area (Å²) in [6.45, 7) is 0. The number of benzene rings is 2. The third kappa shape index (κ3) is 3.18. The van der Waals surface area contributed by atoms with Crippen LogP contribution in [0.4, 0.5) is 5.69 Å². The van der Waals surface area contributed by atoms with Crippen LogP contribution in [0.15, 0.2) is 73.1 Å². The number of carbonyl (C=O) groups is 1. The first-order valence-electron chi connectivity index (χ1n) is 7.72. The standard InChI is InChI=1S/C19H14N4O2/c24-18(22-14-8-9-17-13(11-14)12-21-23-17)16-7-4-10-20-19(16)25-15-5-2-1-3-6-15/h1-12H,(H,21,23)(H,22,24). The number of H-pyrrole nitrogens is 1. The maximum Gasteiger partial charge on any atom is 0.261 e. The van der Waals surface area contributed by atoms with E-state index in [2.05, 4.69) is 20.5 Å². The Labute approximate surface area is 143 Å². The Hall–Kier alpha value is -3.67. The van der Waals surface area contributed by atoms with Gasteiger partial charge in [-0.3, -0.25) is 9.89 Å². The number of anilines is 1. The van der Waals surface area contributed by atoms with Gasteiger partial charge in [0.05, 0.1) is 11.7 Å². The quantitative estimate of drug-likeness (QED) is 0.592. The van der Waals surface area contributed by atoms with Crippen LogP contribution in [0, 0.1) is 0 Å². The molecule has 0 atom stereocenters. The molecule has 2 aromatic carbocycles. The Kier molecular flexibility index (Phi) is 3.84. The Morgan fingerprint density at radius 3 is 2.80 bits per heavy atom. The highest BCUT2D eigenvalue weighted by Gasteiger charge is 2.14. The van der Waals surface area contributed by atoms with Crippen molar-refractivity contribution < 1.29 is 9.53 Å². The fraction of sp³-hybridized carbons (Fsp3) is 0. The molecule has 0 bridgehead atoms. The number of hydrogen-bond acceptors (Lipinski definition) is 4. The van der Waals surface area contributed by atoms with Crippen LogP contribution < -0.4 is 10.1 Å². The second kappa shape index (κ2) is 6.45. The minimum atomic E-state index is -0.290. The van der Waals surface area contributed by atoms with Crippen molar-refractivity contribution in [3.63, 3.8) is 0 Å². The molecule has 0 aliphatic rings. The van der Waals surface area contributed by atoms with Crippen molar-refractivity contribution in [1.82, 2.24) is 15.2 Å². The maximum absolute atomic E-state index is 12.6. The Morgan fingerprint density at radius 2 is 1.92 bits per heavy atom. The number of amides is 1. The summed E-state index contributed by atoms with van der Waals surface area (Å²) in [7, 11) is 0. The number of rotatable bonds is 4. The summed E-state index contributed by atoms with van der Waals surface area (Å²) in [6.07, 6.45) is 3.30. The topological polar surface area (TPSA) is 79.9 Å². The summed E-state index contributed by atoms with van der Waals surface area (Å²) < 4.78 is 5.74. The second-order valence-electron chi connectivity index (χ2n) is 5.40. The van der Waals surface area contributed by atoms with Crippen LogP contribution in [0.3, 0.4) is 0 Å². The number of hydrogen-bond donors (Lipinski definition) is 2. The van der Waals surface area contributed by atoms with E-state index in [0.717, 1.165) is 10.9 Å². The SMILES string of the molecule is O=C(Nc1ccc2[nH]ncc2c1)c1cccnc1Oc1ccccc1. The maximum atomic E-state index is 12.6. The summed E-state index contributed by atoms with van der Waals surface area (Å²) in [5, 5.41) is 10.6. The molecular formula is C19H14N4O2. The van der Waals surface area contributed by atoms with E-state index in [1.165, 1.54) is 0 Å². The molecule has 0 radical (unpaired) electrons. The molecule has 6 nitrogen and oxygen atoms in total. The zero-order valence-electron chi connectivity index (χ0n) is 13.1. The van der Waals surface area contributed by atoms with E-state index in [0.29, 0.717) is 17.0 Å². The van der Waals surface area contributed by atoms with Gasteiger partial charge in [-0.15, -0.1) is 0 Å². The minimum absolute atomic E-state index is 0.260. The molecule has 6 heteroatoms. The lowest BCUT2D eigenvalue weighted by atomic mass is 10.2. The van der Waals surface area contributed by atoms with Crippen molar-refractivity contribution in [1.29, 1.82) is 0 Å². The van der Waals surface area contributed by atoms with Gasteiger partial charge in [-0.05, 0) is 42.5 Å². The summed E-state index contributed by atoms with van der Waals surface area (Å²) in [5.41, 5.74) is 1.94. The van der Waals surface area contributed by atoms with E-state index in [9.17, 15) is 4.79 Å². The van der Waals surface area contributed by atoms with Gasteiger partial charge in [-0.1, -0.05) is 18.2 Å². The molecule has 0 saturated heterocycles. The van der Waals surface area contributed by atoms with Crippen LogP contribution in [-0.4, -0.2) is 21.1 Å². The molecule has 0 spiro atoms. The van der Waals surface area contributed by atoms with Crippen molar-refractivity contribution >= 4 is 22.5 Å². The minimum Gasteiger partial charge on any atom is -0.438 e. The number of para-hydroxylation sites is 1. The van der Waals surface area contributed by atoms with Crippen LogP contribution in [-0.2, 0) is 0 Å². The highest BCUT2D eigenvalue weighted by molar-refractivity contribution is 6.06. The molecule has 2 heterocycles. The van der Waals surface area contributed by atoms with Crippen molar-refractivity contribution in [2.45, 2.75) is 0 Å². The average molecular weight is 330 g/mol. The zero-order chi connectivity index (χ0) is 17.1. The predicted molar refractivity (Wildman–Crippen MR) is 94.8 cm³/mol. The molecule has 4 rings (SSSR count). The van der Waals surface area contributed by atoms with Crippen LogP contribution in [0.25, 0.3) is 10.9 Å². The van der Waals surface area contributed by atoms with Crippen LogP contribution in [0.5, 0.6) is 11.6 Å². The molecule has 25 heavy (non-hydrogen) atoms. The summed E-state index contributed by atoms with van der Waals surface area (Å²) in [4.78, 5) is 16.8. The van der Waals surface area contributed by atoms with Gasteiger partial charge < -0.3 is 10.1 Å². The predicted octanol–water partition coefficient (Wildman–Crippen LogP) is 4.00. The number of carbonyl (C=O) groups excluding carboxylic acids is 1. The normalized spacial score (nSPS) is 10.6. The summed E-state index contributed by atoms with van der Waals surface area (Å²) in [5.74, 6) is 0.590. The van der Waals surface area contributed by atoms with Crippen LogP contribution in [0.2, 0.25) is 0 Å². The third-order valence-corrected chi connectivity index (χ3v) is 3.67. The number of aromatic nitrogens is 3. The number of pyridine rings is 1. The molecule has 0 unspecified atom stereocenters. The lowest BCUT2D eigenvalue weighted by molar-refractivity contribution is 0.102. The third-order valence-electron chi connectivity index (χ3n) is 3.67. The van der Waals surface area contributed by atoms with E-state index in [-0.39, 0.29) is 11.8 Å². The van der Waals surface area contributed by atoms with Crippen LogP contribution in [0.1, 0.15) is 10.4 Å². The van der Waals surface area contributed by atoms with Gasteiger partial charge in [0.15, 0.2) is 0 Å². The molecule has 0 fully saturated rings. The fourth-order valence-corrected chi connectivity index (χ4v) is 2.46. The lowest BCUT2D eigenvalue weighted by Crippen LogP contribution is -2.13. The van der Waals surface area contributed by atoms with E-state index < -0.39 is 0 Å². The highest BCUT2D eigenvalue weighted by atomic mass is 16.5. The van der Waals surface area contributed by atoms with Gasteiger partial charge in [0, 0.05) is 17.3 Å². The molecule has 2 aromatic heterocycles. The van der Waals surface area contributed by atoms with Gasteiger partial charge in [-0.2, -0.15) is 5.10 Å². The van der Waals surface area contributed by atoms with Crippen molar-refractivity contribution in [2.24, 2.45) is 0 Å². The summed E-state index contributed by atoms with van der Waals surface area (Å²) in [6, 6.07) is 18.1. The van der Waals surface area contributed by atoms with Crippen molar-refractivity contribution in [3.05, 3.63) is 78.6 Å². The van der Waals surface area contributed by atoms with Crippen molar-refractivity contribution in [3.8, 4) is 11.6 Å². The molecule has 122 valence electrons. The Morgan fingerprint density at radius 1 is 1.04 bits per heavy atom. The Bertz CT molecular complexity index is 1030. The van der Waals surface area contributed by atoms with Gasteiger partial charge >= 0.3 is 0 Å². The van der Waals surface area contributed by atoms with Crippen molar-refractivity contribution in [2.75, 3.05) is 5.32 Å². The number of nitrogens with zero attached hydrogens (tertiary/aromatic N) is 2. The molecule has 4 aromatic rings. The van der Waals surface area contributed by atoms with E-state index in [1.807, 2.05) is 48.5 Å². The second-order valence-corrected chi connectivity index (χ2v) is 5.40.